The van der Waals surface area contributed by atoms with Gasteiger partial charge >= 0.3 is 12.0 Å². The monoisotopic (exact) mass is 263 g/mol. The van der Waals surface area contributed by atoms with Crippen LogP contribution < -0.4 is 10.1 Å². The van der Waals surface area contributed by atoms with Crippen LogP contribution in [0.25, 0.3) is 11.4 Å². The second-order valence-electron chi connectivity index (χ2n) is 3.86. The average molecular weight is 263 g/mol. The number of nitrogens with one attached hydrogen (secondary N) is 1. The zero-order chi connectivity index (χ0) is 13.8. The Labute approximate surface area is 109 Å². The summed E-state index contributed by atoms with van der Waals surface area (Å²) in [6.07, 6.45) is 0. The van der Waals surface area contributed by atoms with Gasteiger partial charge in [0.15, 0.2) is 0 Å². The maximum Gasteiger partial charge on any atom is 0.325 e. The number of aliphatic carboxylic acids is 1. The van der Waals surface area contributed by atoms with Crippen LogP contribution in [0, 0.1) is 0 Å². The van der Waals surface area contributed by atoms with Crippen molar-refractivity contribution >= 4 is 12.0 Å². The third-order valence-corrected chi connectivity index (χ3v) is 2.48. The minimum absolute atomic E-state index is 0.0701. The number of carboxylic acid groups (broad SMARTS) is 1. The number of carboxylic acids is 1. The number of ether oxygens (including phenoxy) is 1. The fraction of sp³-hybridized carbons (Fsp3) is 0.250. The lowest BCUT2D eigenvalue weighted by Crippen LogP contribution is -2.25. The van der Waals surface area contributed by atoms with Crippen molar-refractivity contribution in [2.45, 2.75) is 13.0 Å². The second kappa shape index (κ2) is 5.38. The van der Waals surface area contributed by atoms with E-state index in [2.05, 4.69) is 15.5 Å². The molecule has 100 valence electrons. The van der Waals surface area contributed by atoms with E-state index in [1.807, 2.05) is 0 Å². The summed E-state index contributed by atoms with van der Waals surface area (Å²) in [5.74, 6) is 0.108. The number of aromatic nitrogens is 2. The fourth-order valence-corrected chi connectivity index (χ4v) is 1.39. The highest BCUT2D eigenvalue weighted by Gasteiger charge is 2.15. The minimum Gasteiger partial charge on any atom is -0.497 e. The Hall–Kier alpha value is -2.57. The van der Waals surface area contributed by atoms with Gasteiger partial charge in [-0.3, -0.25) is 4.79 Å². The summed E-state index contributed by atoms with van der Waals surface area (Å²) >= 11 is 0. The van der Waals surface area contributed by atoms with Gasteiger partial charge in [0, 0.05) is 5.56 Å². The number of hydrogen-bond acceptors (Lipinski definition) is 6. The van der Waals surface area contributed by atoms with Gasteiger partial charge in [-0.15, -0.1) is 0 Å². The van der Waals surface area contributed by atoms with Gasteiger partial charge in [-0.25, -0.2) is 0 Å². The van der Waals surface area contributed by atoms with Gasteiger partial charge in [0.25, 0.3) is 0 Å². The van der Waals surface area contributed by atoms with Gasteiger partial charge in [0.2, 0.25) is 5.82 Å². The molecular weight excluding hydrogens is 250 g/mol. The van der Waals surface area contributed by atoms with Crippen molar-refractivity contribution in [2.75, 3.05) is 12.4 Å². The first-order chi connectivity index (χ1) is 9.10. The second-order valence-corrected chi connectivity index (χ2v) is 3.86. The molecule has 0 saturated carbocycles. The molecule has 0 unspecified atom stereocenters. The molecule has 0 radical (unpaired) electrons. The summed E-state index contributed by atoms with van der Waals surface area (Å²) in [6.45, 7) is 1.49. The largest absolute Gasteiger partial charge is 0.497 e. The zero-order valence-corrected chi connectivity index (χ0v) is 10.5. The van der Waals surface area contributed by atoms with Gasteiger partial charge in [-0.2, -0.15) is 4.98 Å². The topological polar surface area (TPSA) is 97.5 Å². The predicted octanol–water partition coefficient (Wildman–Crippen LogP) is 1.63. The van der Waals surface area contributed by atoms with Gasteiger partial charge in [0.1, 0.15) is 11.8 Å². The molecule has 0 fully saturated rings. The third-order valence-electron chi connectivity index (χ3n) is 2.48. The van der Waals surface area contributed by atoms with Crippen molar-refractivity contribution in [3.63, 3.8) is 0 Å². The Kier molecular flexibility index (Phi) is 3.65. The summed E-state index contributed by atoms with van der Waals surface area (Å²) in [7, 11) is 1.58. The number of benzene rings is 1. The standard InChI is InChI=1S/C12H13N3O4/c1-7(11(16)17)13-12-14-10(15-19-12)8-3-5-9(18-2)6-4-8/h3-7H,1-2H3,(H,16,17)(H,13,14,15)/t7-/m0/s1. The normalized spacial score (nSPS) is 11.9. The van der Waals surface area contributed by atoms with E-state index in [0.717, 1.165) is 11.3 Å². The van der Waals surface area contributed by atoms with Crippen molar-refractivity contribution in [3.05, 3.63) is 24.3 Å². The molecule has 7 nitrogen and oxygen atoms in total. The third kappa shape index (κ3) is 3.01. The summed E-state index contributed by atoms with van der Waals surface area (Å²) in [5.41, 5.74) is 0.751. The number of anilines is 1. The Morgan fingerprint density at radius 2 is 2.11 bits per heavy atom. The zero-order valence-electron chi connectivity index (χ0n) is 10.5. The van der Waals surface area contributed by atoms with Crippen LogP contribution in [-0.4, -0.2) is 34.4 Å². The molecule has 1 atom stereocenters. The van der Waals surface area contributed by atoms with E-state index >= 15 is 0 Å². The van der Waals surface area contributed by atoms with Crippen LogP contribution in [0.1, 0.15) is 6.92 Å². The molecule has 1 aromatic carbocycles. The molecule has 1 aromatic heterocycles. The van der Waals surface area contributed by atoms with Crippen LogP contribution in [0.4, 0.5) is 6.01 Å². The van der Waals surface area contributed by atoms with E-state index in [-0.39, 0.29) is 6.01 Å². The quantitative estimate of drug-likeness (QED) is 0.845. The van der Waals surface area contributed by atoms with Gasteiger partial charge < -0.3 is 19.7 Å². The molecule has 2 rings (SSSR count). The highest BCUT2D eigenvalue weighted by Crippen LogP contribution is 2.21. The van der Waals surface area contributed by atoms with E-state index < -0.39 is 12.0 Å². The number of hydrogen-bond donors (Lipinski definition) is 2. The summed E-state index contributed by atoms with van der Waals surface area (Å²) in [4.78, 5) is 14.8. The molecule has 0 bridgehead atoms. The first-order valence-corrected chi connectivity index (χ1v) is 5.57. The Balaban J connectivity index is 2.13. The van der Waals surface area contributed by atoms with Crippen LogP contribution in [0.15, 0.2) is 28.8 Å². The first kappa shape index (κ1) is 12.9. The predicted molar refractivity (Wildman–Crippen MR) is 67.0 cm³/mol. The SMILES string of the molecule is COc1ccc(-c2noc(N[C@@H](C)C(=O)O)n2)cc1. The Morgan fingerprint density at radius 1 is 1.42 bits per heavy atom. The van der Waals surface area contributed by atoms with E-state index in [1.54, 1.807) is 31.4 Å². The fourth-order valence-electron chi connectivity index (χ4n) is 1.39. The molecule has 0 aliphatic carbocycles. The lowest BCUT2D eigenvalue weighted by atomic mass is 10.2. The smallest absolute Gasteiger partial charge is 0.325 e. The molecule has 0 aliphatic heterocycles. The molecular formula is C12H13N3O4. The summed E-state index contributed by atoms with van der Waals surface area (Å²) in [6, 6.07) is 6.39. The number of nitrogens with zero attached hydrogens (tertiary/aromatic N) is 2. The lowest BCUT2D eigenvalue weighted by molar-refractivity contribution is -0.137. The van der Waals surface area contributed by atoms with E-state index in [0.29, 0.717) is 5.82 Å². The molecule has 2 N–H and O–H groups in total. The highest BCUT2D eigenvalue weighted by atomic mass is 16.5. The van der Waals surface area contributed by atoms with E-state index in [9.17, 15) is 4.79 Å². The van der Waals surface area contributed by atoms with E-state index in [4.69, 9.17) is 14.4 Å². The van der Waals surface area contributed by atoms with E-state index in [1.165, 1.54) is 6.92 Å². The van der Waals surface area contributed by atoms with Crippen LogP contribution in [0.3, 0.4) is 0 Å². The first-order valence-electron chi connectivity index (χ1n) is 5.57. The number of carbonyl (C=O) groups is 1. The van der Waals surface area contributed by atoms with Crippen LogP contribution in [-0.2, 0) is 4.79 Å². The van der Waals surface area contributed by atoms with Gasteiger partial charge in [-0.05, 0) is 31.2 Å². The van der Waals surface area contributed by atoms with Crippen molar-refractivity contribution < 1.29 is 19.2 Å². The van der Waals surface area contributed by atoms with Crippen LogP contribution in [0.5, 0.6) is 5.75 Å². The van der Waals surface area contributed by atoms with Crippen LogP contribution >= 0.6 is 0 Å². The molecule has 1 heterocycles. The summed E-state index contributed by atoms with van der Waals surface area (Å²) < 4.78 is 9.98. The van der Waals surface area contributed by atoms with Crippen molar-refractivity contribution in [1.82, 2.24) is 10.1 Å². The molecule has 7 heteroatoms. The molecule has 0 saturated heterocycles. The average Bonchev–Trinajstić information content (AvgIpc) is 2.87. The van der Waals surface area contributed by atoms with Crippen molar-refractivity contribution in [2.24, 2.45) is 0 Å². The van der Waals surface area contributed by atoms with Crippen molar-refractivity contribution in [3.8, 4) is 17.1 Å². The summed E-state index contributed by atoms with van der Waals surface area (Å²) in [5, 5.41) is 15.1. The molecule has 0 aliphatic rings. The van der Waals surface area contributed by atoms with Gasteiger partial charge in [-0.1, -0.05) is 5.16 Å². The minimum atomic E-state index is -0.996. The maximum atomic E-state index is 10.7. The van der Waals surface area contributed by atoms with Crippen LogP contribution in [0.2, 0.25) is 0 Å². The Morgan fingerprint density at radius 3 is 2.68 bits per heavy atom. The maximum absolute atomic E-state index is 10.7. The van der Waals surface area contributed by atoms with Crippen molar-refractivity contribution in [1.29, 1.82) is 0 Å². The Bertz CT molecular complexity index is 565. The number of rotatable bonds is 5. The lowest BCUT2D eigenvalue weighted by Gasteiger charge is -2.04. The molecule has 2 aromatic rings. The highest BCUT2D eigenvalue weighted by molar-refractivity contribution is 5.75. The van der Waals surface area contributed by atoms with Gasteiger partial charge in [0.05, 0.1) is 7.11 Å². The molecule has 19 heavy (non-hydrogen) atoms. The molecule has 0 spiro atoms. The number of methoxy groups -OCH3 is 1. The molecule has 0 amide bonds.